The molecule has 2 aromatic carbocycles. The Morgan fingerprint density at radius 1 is 1.27 bits per heavy atom. The zero-order valence-electron chi connectivity index (χ0n) is 11.9. The lowest BCUT2D eigenvalue weighted by Gasteiger charge is -2.05. The number of aryl methyl sites for hydroxylation is 1. The van der Waals surface area contributed by atoms with Crippen molar-refractivity contribution in [2.24, 2.45) is 0 Å². The van der Waals surface area contributed by atoms with Crippen molar-refractivity contribution in [2.45, 2.75) is 13.3 Å². The third kappa shape index (κ3) is 2.39. The van der Waals surface area contributed by atoms with E-state index in [4.69, 9.17) is 5.73 Å². The molecule has 1 aromatic heterocycles. The summed E-state index contributed by atoms with van der Waals surface area (Å²) < 4.78 is 14.0. The topological polar surface area (TPSA) is 80.9 Å². The van der Waals surface area contributed by atoms with Gasteiger partial charge in [-0.2, -0.15) is 0 Å². The number of fused-ring (bicyclic) bond motifs is 1. The molecule has 3 aromatic rings. The first-order chi connectivity index (χ1) is 10.5. The summed E-state index contributed by atoms with van der Waals surface area (Å²) in [4.78, 5) is 27.1. The van der Waals surface area contributed by atoms with Crippen LogP contribution in [0.15, 0.2) is 41.2 Å². The molecule has 1 heterocycles. The van der Waals surface area contributed by atoms with E-state index in [1.165, 1.54) is 24.3 Å². The number of carbonyl (C=O) groups is 1. The molecule has 0 unspecified atom stereocenters. The number of halogens is 1. The lowest BCUT2D eigenvalue weighted by atomic mass is 10.1. The molecule has 0 aliphatic carbocycles. The fourth-order valence-corrected chi connectivity index (χ4v) is 2.38. The second kappa shape index (κ2) is 5.14. The number of hydrogen-bond donors (Lipinski definition) is 2. The molecular formula is C16H14FN3O2. The van der Waals surface area contributed by atoms with Gasteiger partial charge in [-0.1, -0.05) is 12.1 Å². The summed E-state index contributed by atoms with van der Waals surface area (Å²) in [5.41, 5.74) is 8.32. The van der Waals surface area contributed by atoms with Crippen molar-refractivity contribution in [3.63, 3.8) is 0 Å². The number of carbonyl (C=O) groups excluding carboxylic acids is 1. The molecule has 0 spiro atoms. The van der Waals surface area contributed by atoms with Crippen LogP contribution in [0.25, 0.3) is 11.0 Å². The Morgan fingerprint density at radius 3 is 2.64 bits per heavy atom. The van der Waals surface area contributed by atoms with Gasteiger partial charge in [0.1, 0.15) is 5.82 Å². The van der Waals surface area contributed by atoms with E-state index >= 15 is 0 Å². The van der Waals surface area contributed by atoms with E-state index in [1.807, 2.05) is 6.92 Å². The Morgan fingerprint density at radius 2 is 1.95 bits per heavy atom. The molecule has 0 radical (unpaired) electrons. The van der Waals surface area contributed by atoms with Gasteiger partial charge in [-0.3, -0.25) is 4.79 Å². The number of nitrogens with two attached hydrogens (primary N) is 1. The number of nitrogens with one attached hydrogen (secondary N) is 1. The standard InChI is InChI=1S/C16H14FN3O2/c1-9-6-13-14(8-12(9)18)20(16(22)19-13)15(21)7-10-2-4-11(17)5-3-10/h2-6,8H,7,18H2,1H3,(H,19,22). The molecule has 0 fully saturated rings. The lowest BCUT2D eigenvalue weighted by Crippen LogP contribution is -2.25. The molecule has 0 aliphatic heterocycles. The smallest absolute Gasteiger partial charge is 0.333 e. The van der Waals surface area contributed by atoms with Crippen LogP contribution in [-0.2, 0) is 6.42 Å². The number of hydrogen-bond acceptors (Lipinski definition) is 3. The largest absolute Gasteiger partial charge is 0.398 e. The van der Waals surface area contributed by atoms with E-state index in [0.29, 0.717) is 22.3 Å². The van der Waals surface area contributed by atoms with Crippen molar-refractivity contribution in [1.29, 1.82) is 0 Å². The fourth-order valence-electron chi connectivity index (χ4n) is 2.38. The summed E-state index contributed by atoms with van der Waals surface area (Å²) in [5, 5.41) is 0. The van der Waals surface area contributed by atoms with Gasteiger partial charge in [-0.25, -0.2) is 13.8 Å². The van der Waals surface area contributed by atoms with Crippen LogP contribution in [0.5, 0.6) is 0 Å². The number of anilines is 1. The van der Waals surface area contributed by atoms with Gasteiger partial charge < -0.3 is 10.7 Å². The number of H-pyrrole nitrogens is 1. The zero-order chi connectivity index (χ0) is 15.9. The van der Waals surface area contributed by atoms with Crippen molar-refractivity contribution in [1.82, 2.24) is 9.55 Å². The van der Waals surface area contributed by atoms with E-state index in [-0.39, 0.29) is 12.2 Å². The van der Waals surface area contributed by atoms with Crippen molar-refractivity contribution in [3.8, 4) is 0 Å². The first-order valence-corrected chi connectivity index (χ1v) is 6.74. The summed E-state index contributed by atoms with van der Waals surface area (Å²) in [5.74, 6) is -0.769. The normalized spacial score (nSPS) is 11.0. The Balaban J connectivity index is 2.03. The van der Waals surface area contributed by atoms with Crippen LogP contribution in [0.3, 0.4) is 0 Å². The fraction of sp³-hybridized carbons (Fsp3) is 0.125. The van der Waals surface area contributed by atoms with Crippen LogP contribution in [0.2, 0.25) is 0 Å². The molecule has 0 amide bonds. The van der Waals surface area contributed by atoms with Gasteiger partial charge in [0.05, 0.1) is 17.5 Å². The van der Waals surface area contributed by atoms with Crippen LogP contribution in [0, 0.1) is 12.7 Å². The molecule has 0 bridgehead atoms. The maximum atomic E-state index is 12.9. The van der Waals surface area contributed by atoms with Crippen molar-refractivity contribution in [2.75, 3.05) is 5.73 Å². The van der Waals surface area contributed by atoms with E-state index in [1.54, 1.807) is 12.1 Å². The van der Waals surface area contributed by atoms with Crippen LogP contribution in [0.1, 0.15) is 15.9 Å². The summed E-state index contributed by atoms with van der Waals surface area (Å²) >= 11 is 0. The van der Waals surface area contributed by atoms with Gasteiger partial charge in [0, 0.05) is 5.69 Å². The predicted molar refractivity (Wildman–Crippen MR) is 82.4 cm³/mol. The Hall–Kier alpha value is -2.89. The molecule has 112 valence electrons. The summed E-state index contributed by atoms with van der Waals surface area (Å²) in [6.07, 6.45) is 0.000914. The molecule has 3 rings (SSSR count). The molecule has 0 atom stereocenters. The summed E-state index contributed by atoms with van der Waals surface area (Å²) in [7, 11) is 0. The van der Waals surface area contributed by atoms with Gasteiger partial charge in [-0.05, 0) is 42.3 Å². The Kier molecular flexibility index (Phi) is 3.29. The third-order valence-electron chi connectivity index (χ3n) is 3.59. The van der Waals surface area contributed by atoms with Gasteiger partial charge in [-0.15, -0.1) is 0 Å². The monoisotopic (exact) mass is 299 g/mol. The number of aromatic nitrogens is 2. The summed E-state index contributed by atoms with van der Waals surface area (Å²) in [6.45, 7) is 1.82. The van der Waals surface area contributed by atoms with Crippen LogP contribution >= 0.6 is 0 Å². The minimum absolute atomic E-state index is 0.000914. The predicted octanol–water partition coefficient (Wildman–Crippen LogP) is 2.24. The molecular weight excluding hydrogens is 285 g/mol. The van der Waals surface area contributed by atoms with Gasteiger partial charge in [0.2, 0.25) is 5.91 Å². The van der Waals surface area contributed by atoms with Crippen LogP contribution in [0.4, 0.5) is 10.1 Å². The van der Waals surface area contributed by atoms with Gasteiger partial charge in [0.25, 0.3) is 0 Å². The molecule has 6 heteroatoms. The molecule has 0 aliphatic rings. The van der Waals surface area contributed by atoms with Gasteiger partial charge in [0.15, 0.2) is 0 Å². The quantitative estimate of drug-likeness (QED) is 0.712. The minimum atomic E-state index is -0.507. The number of nitrogens with zero attached hydrogens (tertiary/aromatic N) is 1. The molecule has 22 heavy (non-hydrogen) atoms. The second-order valence-electron chi connectivity index (χ2n) is 5.19. The third-order valence-corrected chi connectivity index (χ3v) is 3.59. The highest BCUT2D eigenvalue weighted by molar-refractivity contribution is 5.92. The SMILES string of the molecule is Cc1cc2[nH]c(=O)n(C(=O)Cc3ccc(F)cc3)c2cc1N. The number of nitrogen functional groups attached to an aromatic ring is 1. The van der Waals surface area contributed by atoms with Crippen LogP contribution < -0.4 is 11.4 Å². The average molecular weight is 299 g/mol. The average Bonchev–Trinajstić information content (AvgIpc) is 2.77. The first kappa shape index (κ1) is 14.1. The number of aromatic amines is 1. The lowest BCUT2D eigenvalue weighted by molar-refractivity contribution is 0.0915. The Bertz CT molecular complexity index is 923. The first-order valence-electron chi connectivity index (χ1n) is 6.74. The number of imidazole rings is 1. The zero-order valence-corrected chi connectivity index (χ0v) is 11.9. The molecule has 5 nitrogen and oxygen atoms in total. The Labute approximate surface area is 125 Å². The van der Waals surface area contributed by atoms with E-state index in [2.05, 4.69) is 4.98 Å². The highest BCUT2D eigenvalue weighted by atomic mass is 19.1. The van der Waals surface area contributed by atoms with Crippen LogP contribution in [-0.4, -0.2) is 15.5 Å². The van der Waals surface area contributed by atoms with Crippen molar-refractivity contribution in [3.05, 3.63) is 63.8 Å². The molecule has 0 saturated heterocycles. The number of benzene rings is 2. The highest BCUT2D eigenvalue weighted by Crippen LogP contribution is 2.19. The minimum Gasteiger partial charge on any atom is -0.398 e. The highest BCUT2D eigenvalue weighted by Gasteiger charge is 2.15. The van der Waals surface area contributed by atoms with Gasteiger partial charge >= 0.3 is 5.69 Å². The maximum Gasteiger partial charge on any atom is 0.333 e. The van der Waals surface area contributed by atoms with Crippen molar-refractivity contribution < 1.29 is 9.18 Å². The number of rotatable bonds is 2. The molecule has 3 N–H and O–H groups in total. The second-order valence-corrected chi connectivity index (χ2v) is 5.19. The maximum absolute atomic E-state index is 12.9. The van der Waals surface area contributed by atoms with E-state index < -0.39 is 11.6 Å². The van der Waals surface area contributed by atoms with E-state index in [9.17, 15) is 14.0 Å². The molecule has 0 saturated carbocycles. The van der Waals surface area contributed by atoms with Crippen molar-refractivity contribution >= 4 is 22.6 Å². The summed E-state index contributed by atoms with van der Waals surface area (Å²) in [6, 6.07) is 8.93. The van der Waals surface area contributed by atoms with E-state index in [0.717, 1.165) is 10.1 Å².